The van der Waals surface area contributed by atoms with Crippen molar-refractivity contribution in [1.29, 1.82) is 0 Å². The Balaban J connectivity index is 0.0000110. The first-order valence-electron chi connectivity index (χ1n) is 15.7. The number of carboxylic acid groups (broad SMARTS) is 4. The molecule has 0 aromatic heterocycles. The van der Waals surface area contributed by atoms with E-state index < -0.39 is 49.6 Å². The number of ether oxygens (including phenoxy) is 3. The van der Waals surface area contributed by atoms with Crippen molar-refractivity contribution in [2.24, 2.45) is 0 Å². The minimum absolute atomic E-state index is 0. The summed E-state index contributed by atoms with van der Waals surface area (Å²) in [7, 11) is 0. The molecule has 1 aliphatic heterocycles. The summed E-state index contributed by atoms with van der Waals surface area (Å²) in [5.74, 6) is -4.24. The molecule has 1 aliphatic rings. The van der Waals surface area contributed by atoms with Crippen LogP contribution in [0.25, 0.3) is 0 Å². The number of carbonyl (C=O) groups excluding carboxylic acids is 3. The molecule has 16 heteroatoms. The number of rotatable bonds is 20. The minimum Gasteiger partial charge on any atom is -0.549 e. The Labute approximate surface area is 308 Å². The maximum atomic E-state index is 12.4. The second-order valence-electron chi connectivity index (χ2n) is 11.0. The molecule has 47 heavy (non-hydrogen) atoms. The van der Waals surface area contributed by atoms with Crippen molar-refractivity contribution < 1.29 is 93.8 Å². The van der Waals surface area contributed by atoms with Gasteiger partial charge in [0.15, 0.2) is 0 Å². The molecular weight excluding hydrogens is 762 g/mol. The average molecular weight is 809 g/mol. The van der Waals surface area contributed by atoms with E-state index in [9.17, 15) is 39.6 Å². The number of aryl methyl sites for hydroxylation is 1. The van der Waals surface area contributed by atoms with Crippen LogP contribution in [0.15, 0.2) is 24.3 Å². The number of hydrogen-bond donors (Lipinski definition) is 1. The molecule has 1 N–H and O–H groups in total. The molecule has 1 heterocycles. The molecule has 0 spiro atoms. The van der Waals surface area contributed by atoms with Gasteiger partial charge in [0.05, 0.1) is 37.7 Å². The zero-order chi connectivity index (χ0) is 33.7. The number of carboxylic acids is 4. The van der Waals surface area contributed by atoms with E-state index in [2.05, 4.69) is 0 Å². The molecule has 265 valence electrons. The van der Waals surface area contributed by atoms with E-state index in [1.807, 2.05) is 31.2 Å². The van der Waals surface area contributed by atoms with E-state index in [1.54, 1.807) is 19.6 Å². The number of nitrogens with zero attached hydrogens (tertiary/aromatic N) is 4. The smallest absolute Gasteiger partial charge is 0.549 e. The van der Waals surface area contributed by atoms with Crippen LogP contribution in [0.1, 0.15) is 25.3 Å². The number of hydrogen-bond acceptors (Lipinski definition) is 14. The van der Waals surface area contributed by atoms with Crippen molar-refractivity contribution in [2.45, 2.75) is 32.2 Å². The van der Waals surface area contributed by atoms with Gasteiger partial charge in [0.1, 0.15) is 18.4 Å². The molecule has 1 atom stereocenters. The summed E-state index contributed by atoms with van der Waals surface area (Å²) in [5.41, 5.74) is 1.01. The summed E-state index contributed by atoms with van der Waals surface area (Å²) in [6, 6.07) is 6.67. The molecule has 0 unspecified atom stereocenters. The predicted molar refractivity (Wildman–Crippen MR) is 160 cm³/mol. The van der Waals surface area contributed by atoms with Crippen molar-refractivity contribution in [3.05, 3.63) is 29.8 Å². The number of benzene rings is 1. The van der Waals surface area contributed by atoms with Gasteiger partial charge in [-0.15, -0.1) is 0 Å². The van der Waals surface area contributed by atoms with E-state index in [1.165, 1.54) is 0 Å². The molecule has 1 radical (unpaired) electrons. The zero-order valence-electron chi connectivity index (χ0n) is 27.0. The molecular formula is C31H47GdN4O11. The molecule has 15 nitrogen and oxygen atoms in total. The summed E-state index contributed by atoms with van der Waals surface area (Å²) in [6.07, 6.45) is 1.50. The fraction of sp³-hybridized carbons (Fsp3) is 0.677. The van der Waals surface area contributed by atoms with Crippen LogP contribution in [0.4, 0.5) is 0 Å². The maximum Gasteiger partial charge on any atom is 3.00 e. The van der Waals surface area contributed by atoms with Crippen molar-refractivity contribution in [3.63, 3.8) is 0 Å². The maximum absolute atomic E-state index is 12.4. The van der Waals surface area contributed by atoms with Crippen LogP contribution < -0.4 is 20.1 Å². The third-order valence-electron chi connectivity index (χ3n) is 7.59. The summed E-state index contributed by atoms with van der Waals surface area (Å²) >= 11 is 0. The van der Waals surface area contributed by atoms with Crippen LogP contribution in [0.5, 0.6) is 5.75 Å². The largest absolute Gasteiger partial charge is 3.00 e. The van der Waals surface area contributed by atoms with E-state index in [0.29, 0.717) is 58.0 Å². The van der Waals surface area contributed by atoms with Gasteiger partial charge in [0, 0.05) is 78.6 Å². The van der Waals surface area contributed by atoms with Crippen molar-refractivity contribution in [3.8, 4) is 5.75 Å². The summed E-state index contributed by atoms with van der Waals surface area (Å²) in [6.45, 7) is 4.80. The molecule has 0 saturated carbocycles. The number of carbonyl (C=O) groups is 4. The Morgan fingerprint density at radius 3 is 1.62 bits per heavy atom. The third-order valence-corrected chi connectivity index (χ3v) is 7.59. The number of aliphatic carboxylic acids is 4. The molecule has 1 aromatic rings. The molecule has 0 bridgehead atoms. The fourth-order valence-electron chi connectivity index (χ4n) is 5.18. The van der Waals surface area contributed by atoms with Gasteiger partial charge in [-0.2, -0.15) is 0 Å². The van der Waals surface area contributed by atoms with Crippen LogP contribution in [-0.2, 0) is 35.1 Å². The van der Waals surface area contributed by atoms with Gasteiger partial charge in [-0.3, -0.25) is 24.4 Å². The van der Waals surface area contributed by atoms with Gasteiger partial charge in [-0.05, 0) is 43.9 Å². The molecule has 0 aliphatic carbocycles. The monoisotopic (exact) mass is 809 g/mol. The quantitative estimate of drug-likeness (QED) is 0.127. The molecule has 1 fully saturated rings. The normalized spacial score (nSPS) is 16.7. The predicted octanol–water partition coefficient (Wildman–Crippen LogP) is -3.63. The van der Waals surface area contributed by atoms with Gasteiger partial charge < -0.3 is 49.0 Å². The zero-order valence-corrected chi connectivity index (χ0v) is 29.3. The first-order valence-corrected chi connectivity index (χ1v) is 15.7. The topological polar surface area (TPSA) is 198 Å². The van der Waals surface area contributed by atoms with Crippen molar-refractivity contribution >= 4 is 23.9 Å². The Morgan fingerprint density at radius 2 is 1.17 bits per heavy atom. The van der Waals surface area contributed by atoms with Gasteiger partial charge in [0.2, 0.25) is 0 Å². The fourth-order valence-corrected chi connectivity index (χ4v) is 5.18. The van der Waals surface area contributed by atoms with Crippen LogP contribution in [-0.4, -0.2) is 160 Å². The Morgan fingerprint density at radius 1 is 0.723 bits per heavy atom. The Kier molecular flexibility index (Phi) is 22.9. The first-order chi connectivity index (χ1) is 22.1. The van der Waals surface area contributed by atoms with Gasteiger partial charge >= 0.3 is 45.9 Å². The SMILES string of the molecule is CCOCCOCCOc1ccc(CCC[C@@H](C(=O)O)N2CCN(CC(=O)[O-])CCN(CC(=O)[O-])CCN(CC(=O)[O-])CC2)cc1.[Gd+3]. The molecule has 1 saturated heterocycles. The Hall–Kier alpha value is -2.02. The van der Waals surface area contributed by atoms with Crippen LogP contribution >= 0.6 is 0 Å². The van der Waals surface area contributed by atoms with E-state index in [-0.39, 0.29) is 92.3 Å². The van der Waals surface area contributed by atoms with Crippen LogP contribution in [0, 0.1) is 39.9 Å². The molecule has 1 aromatic carbocycles. The second kappa shape index (κ2) is 25.0. The van der Waals surface area contributed by atoms with Crippen LogP contribution in [0.3, 0.4) is 0 Å². The summed E-state index contributed by atoms with van der Waals surface area (Å²) < 4.78 is 16.4. The second-order valence-corrected chi connectivity index (χ2v) is 11.0. The summed E-state index contributed by atoms with van der Waals surface area (Å²) in [5, 5.41) is 44.3. The first kappa shape index (κ1) is 43.0. The van der Waals surface area contributed by atoms with E-state index in [0.717, 1.165) is 5.56 Å². The third kappa shape index (κ3) is 19.5. The van der Waals surface area contributed by atoms with Crippen LogP contribution in [0.2, 0.25) is 0 Å². The average Bonchev–Trinajstić information content (AvgIpc) is 2.99. The minimum atomic E-state index is -1.31. The standard InChI is InChI=1S/C31H50N4O11.Gd/c1-2-44-18-19-45-20-21-46-26-8-6-25(7-9-26)4-3-5-27(31(42)43)35-16-14-33(23-29(38)39)12-10-32(22-28(36)37)11-13-34(15-17-35)24-30(40)41;/h6-9,27H,2-5,10-24H2,1H3,(H,36,37)(H,38,39)(H,40,41)(H,42,43);/q;+3/p-3/t27-;/m0./s1. The van der Waals surface area contributed by atoms with Gasteiger partial charge in [0.25, 0.3) is 0 Å². The van der Waals surface area contributed by atoms with E-state index >= 15 is 0 Å². The van der Waals surface area contributed by atoms with Crippen molar-refractivity contribution in [1.82, 2.24) is 19.6 Å². The van der Waals surface area contributed by atoms with E-state index in [4.69, 9.17) is 14.2 Å². The van der Waals surface area contributed by atoms with Crippen molar-refractivity contribution in [2.75, 3.05) is 105 Å². The Bertz CT molecular complexity index is 1030. The summed E-state index contributed by atoms with van der Waals surface area (Å²) in [4.78, 5) is 53.0. The molecule has 0 amide bonds. The van der Waals surface area contributed by atoms with Gasteiger partial charge in [-0.25, -0.2) is 0 Å². The molecule has 2 rings (SSSR count). The van der Waals surface area contributed by atoms with Gasteiger partial charge in [-0.1, -0.05) is 12.1 Å².